The Bertz CT molecular complexity index is 414. The zero-order valence-corrected chi connectivity index (χ0v) is 13.4. The summed E-state index contributed by atoms with van der Waals surface area (Å²) in [6.45, 7) is 5.13. The number of nitrogens with two attached hydrogens (primary N) is 1. The zero-order chi connectivity index (χ0) is 15.3. The van der Waals surface area contributed by atoms with E-state index in [1.807, 2.05) is 18.2 Å². The molecule has 0 bridgehead atoms. The predicted molar refractivity (Wildman–Crippen MR) is 88.2 cm³/mol. The van der Waals surface area contributed by atoms with E-state index in [-0.39, 0.29) is 11.6 Å². The van der Waals surface area contributed by atoms with Crippen LogP contribution < -0.4 is 11.1 Å². The summed E-state index contributed by atoms with van der Waals surface area (Å²) < 4.78 is 0. The number of hydrogen-bond acceptors (Lipinski definition) is 3. The van der Waals surface area contributed by atoms with E-state index in [2.05, 4.69) is 31.3 Å². The van der Waals surface area contributed by atoms with Gasteiger partial charge in [0, 0.05) is 18.1 Å². The highest BCUT2D eigenvalue weighted by Crippen LogP contribution is 2.40. The second-order valence-corrected chi connectivity index (χ2v) is 7.01. The van der Waals surface area contributed by atoms with Gasteiger partial charge < -0.3 is 16.2 Å². The number of benzene rings is 1. The van der Waals surface area contributed by atoms with E-state index in [1.165, 1.54) is 31.2 Å². The Morgan fingerprint density at radius 2 is 1.90 bits per heavy atom. The number of aliphatic hydroxyl groups excluding tert-OH is 1. The molecule has 1 aromatic carbocycles. The van der Waals surface area contributed by atoms with Crippen molar-refractivity contribution in [3.05, 3.63) is 35.9 Å². The number of nitrogens with one attached hydrogen (secondary N) is 1. The van der Waals surface area contributed by atoms with E-state index >= 15 is 0 Å². The Morgan fingerprint density at radius 1 is 1.24 bits per heavy atom. The molecule has 0 aliphatic heterocycles. The lowest BCUT2D eigenvalue weighted by atomic mass is 10.00. The van der Waals surface area contributed by atoms with E-state index in [9.17, 15) is 5.11 Å². The number of hydrogen-bond donors (Lipinski definition) is 3. The Labute approximate surface area is 128 Å². The normalized spacial score (nSPS) is 19.5. The largest absolute Gasteiger partial charge is 0.390 e. The van der Waals surface area contributed by atoms with E-state index in [4.69, 9.17) is 5.73 Å². The zero-order valence-electron chi connectivity index (χ0n) is 13.4. The first-order valence-electron chi connectivity index (χ1n) is 8.23. The maximum absolute atomic E-state index is 10.3. The van der Waals surface area contributed by atoms with Crippen molar-refractivity contribution < 1.29 is 5.11 Å². The number of rotatable bonds is 9. The Hall–Kier alpha value is -0.900. The van der Waals surface area contributed by atoms with Crippen LogP contribution in [0.3, 0.4) is 0 Å². The molecule has 3 heteroatoms. The average molecular weight is 290 g/mol. The predicted octanol–water partition coefficient (Wildman–Crippen LogP) is 2.48. The standard InChI is InChI=1S/C18H30N2O/c1-14(2)8-9-18(10-11-18)20-13-17(21)16(19)12-15-6-4-3-5-7-15/h3-7,14,16-17,20-21H,8-13,19H2,1-2H3/t16-,17+/m0/s1. The van der Waals surface area contributed by atoms with Crippen LogP contribution in [0.25, 0.3) is 0 Å². The van der Waals surface area contributed by atoms with E-state index < -0.39 is 6.10 Å². The summed E-state index contributed by atoms with van der Waals surface area (Å²) in [6.07, 6.45) is 5.18. The van der Waals surface area contributed by atoms with Gasteiger partial charge in [-0.25, -0.2) is 0 Å². The molecule has 118 valence electrons. The summed E-state index contributed by atoms with van der Waals surface area (Å²) in [5.41, 5.74) is 7.61. The van der Waals surface area contributed by atoms with Gasteiger partial charge in [0.2, 0.25) is 0 Å². The minimum atomic E-state index is -0.485. The van der Waals surface area contributed by atoms with Crippen molar-refractivity contribution in [2.45, 2.75) is 63.6 Å². The van der Waals surface area contributed by atoms with Crippen LogP contribution in [0.2, 0.25) is 0 Å². The molecule has 0 amide bonds. The Balaban J connectivity index is 1.72. The van der Waals surface area contributed by atoms with Gasteiger partial charge in [-0.2, -0.15) is 0 Å². The second kappa shape index (κ2) is 7.39. The molecule has 21 heavy (non-hydrogen) atoms. The van der Waals surface area contributed by atoms with Crippen molar-refractivity contribution in [3.63, 3.8) is 0 Å². The summed E-state index contributed by atoms with van der Waals surface area (Å²) in [5.74, 6) is 0.745. The van der Waals surface area contributed by atoms with Crippen LogP contribution in [0.1, 0.15) is 45.1 Å². The number of aliphatic hydroxyl groups is 1. The molecular formula is C18H30N2O. The van der Waals surface area contributed by atoms with Gasteiger partial charge in [0.15, 0.2) is 0 Å². The maximum Gasteiger partial charge on any atom is 0.0818 e. The molecule has 1 aromatic rings. The molecule has 0 unspecified atom stereocenters. The molecule has 0 aromatic heterocycles. The van der Waals surface area contributed by atoms with Gasteiger partial charge in [0.05, 0.1) is 6.10 Å². The fraction of sp³-hybridized carbons (Fsp3) is 0.667. The molecule has 0 spiro atoms. The first-order chi connectivity index (χ1) is 10.0. The van der Waals surface area contributed by atoms with Crippen molar-refractivity contribution in [3.8, 4) is 0 Å². The maximum atomic E-state index is 10.3. The molecule has 1 fully saturated rings. The average Bonchev–Trinajstić information content (AvgIpc) is 3.24. The molecule has 1 aliphatic rings. The van der Waals surface area contributed by atoms with E-state index in [1.54, 1.807) is 0 Å². The van der Waals surface area contributed by atoms with Gasteiger partial charge in [-0.05, 0) is 43.6 Å². The van der Waals surface area contributed by atoms with Gasteiger partial charge in [-0.15, -0.1) is 0 Å². The minimum absolute atomic E-state index is 0.208. The first-order valence-corrected chi connectivity index (χ1v) is 8.23. The van der Waals surface area contributed by atoms with Gasteiger partial charge in [-0.1, -0.05) is 44.2 Å². The smallest absolute Gasteiger partial charge is 0.0818 e. The minimum Gasteiger partial charge on any atom is -0.390 e. The molecule has 0 radical (unpaired) electrons. The lowest BCUT2D eigenvalue weighted by Gasteiger charge is -2.24. The molecule has 1 aliphatic carbocycles. The lowest BCUT2D eigenvalue weighted by molar-refractivity contribution is 0.135. The molecule has 2 atom stereocenters. The molecule has 1 saturated carbocycles. The summed E-state index contributed by atoms with van der Waals surface area (Å²) in [5, 5.41) is 13.8. The van der Waals surface area contributed by atoms with Crippen molar-refractivity contribution in [1.29, 1.82) is 0 Å². The van der Waals surface area contributed by atoms with E-state index in [0.29, 0.717) is 6.54 Å². The van der Waals surface area contributed by atoms with Gasteiger partial charge >= 0.3 is 0 Å². The summed E-state index contributed by atoms with van der Waals surface area (Å²) in [7, 11) is 0. The summed E-state index contributed by atoms with van der Waals surface area (Å²) in [4.78, 5) is 0. The first kappa shape index (κ1) is 16.5. The monoisotopic (exact) mass is 290 g/mol. The molecular weight excluding hydrogens is 260 g/mol. The van der Waals surface area contributed by atoms with E-state index in [0.717, 1.165) is 12.3 Å². The number of β-amino-alcohol motifs (C(OH)–C–C–N with tert-alkyl or cyclic N) is 1. The van der Waals surface area contributed by atoms with Crippen LogP contribution >= 0.6 is 0 Å². The molecule has 4 N–H and O–H groups in total. The highest BCUT2D eigenvalue weighted by molar-refractivity contribution is 5.16. The van der Waals surface area contributed by atoms with Crippen LogP contribution in [0, 0.1) is 5.92 Å². The SMILES string of the molecule is CC(C)CCC1(NC[C@@H](O)[C@@H](N)Cc2ccccc2)CC1. The highest BCUT2D eigenvalue weighted by Gasteiger charge is 2.41. The van der Waals surface area contributed by atoms with Crippen LogP contribution in [0.15, 0.2) is 30.3 Å². The van der Waals surface area contributed by atoms with Crippen molar-refractivity contribution in [2.75, 3.05) is 6.54 Å². The van der Waals surface area contributed by atoms with Crippen LogP contribution in [0.4, 0.5) is 0 Å². The molecule has 2 rings (SSSR count). The quantitative estimate of drug-likeness (QED) is 0.655. The third kappa shape index (κ3) is 5.42. The third-order valence-electron chi connectivity index (χ3n) is 4.55. The van der Waals surface area contributed by atoms with Crippen molar-refractivity contribution in [1.82, 2.24) is 5.32 Å². The Kier molecular flexibility index (Phi) is 5.80. The lowest BCUT2D eigenvalue weighted by Crippen LogP contribution is -2.46. The van der Waals surface area contributed by atoms with Crippen LogP contribution in [-0.4, -0.2) is 29.3 Å². The fourth-order valence-corrected chi connectivity index (χ4v) is 2.73. The topological polar surface area (TPSA) is 58.3 Å². The summed E-state index contributed by atoms with van der Waals surface area (Å²) in [6, 6.07) is 9.94. The van der Waals surface area contributed by atoms with Gasteiger partial charge in [0.25, 0.3) is 0 Å². The van der Waals surface area contributed by atoms with Crippen LogP contribution in [0.5, 0.6) is 0 Å². The third-order valence-corrected chi connectivity index (χ3v) is 4.55. The van der Waals surface area contributed by atoms with Crippen LogP contribution in [-0.2, 0) is 6.42 Å². The van der Waals surface area contributed by atoms with Crippen molar-refractivity contribution in [2.24, 2.45) is 11.7 Å². The fourth-order valence-electron chi connectivity index (χ4n) is 2.73. The summed E-state index contributed by atoms with van der Waals surface area (Å²) >= 11 is 0. The molecule has 0 heterocycles. The molecule has 3 nitrogen and oxygen atoms in total. The molecule has 0 saturated heterocycles. The van der Waals surface area contributed by atoms with Gasteiger partial charge in [0.1, 0.15) is 0 Å². The van der Waals surface area contributed by atoms with Crippen molar-refractivity contribution >= 4 is 0 Å². The second-order valence-electron chi connectivity index (χ2n) is 7.01. The Morgan fingerprint density at radius 3 is 2.48 bits per heavy atom. The van der Waals surface area contributed by atoms with Gasteiger partial charge in [-0.3, -0.25) is 0 Å². The highest BCUT2D eigenvalue weighted by atomic mass is 16.3.